The zero-order valence-corrected chi connectivity index (χ0v) is 10.5. The summed E-state index contributed by atoms with van der Waals surface area (Å²) >= 11 is 1.65. The van der Waals surface area contributed by atoms with Crippen LogP contribution in [0.25, 0.3) is 0 Å². The van der Waals surface area contributed by atoms with Crippen LogP contribution in [0.3, 0.4) is 0 Å². The zero-order valence-electron chi connectivity index (χ0n) is 9.69. The van der Waals surface area contributed by atoms with Crippen molar-refractivity contribution in [1.82, 2.24) is 9.88 Å². The number of rotatable bonds is 3. The normalized spacial score (nSPS) is 12.2. The molecule has 84 valence electrons. The molecule has 0 bridgehead atoms. The van der Waals surface area contributed by atoms with Crippen molar-refractivity contribution in [2.45, 2.75) is 33.4 Å². The van der Waals surface area contributed by atoms with E-state index in [1.54, 1.807) is 11.3 Å². The lowest BCUT2D eigenvalue weighted by Gasteiger charge is -2.18. The Balaban J connectivity index is 2.63. The SMILES string of the molecule is Cc1ncsc1CN(C)C(N)=NC(C)C. The second-order valence-corrected chi connectivity index (χ2v) is 4.74. The Hall–Kier alpha value is -1.10. The van der Waals surface area contributed by atoms with Crippen molar-refractivity contribution in [2.75, 3.05) is 7.05 Å². The third kappa shape index (κ3) is 3.51. The number of guanidine groups is 1. The number of aromatic nitrogens is 1. The second-order valence-electron chi connectivity index (χ2n) is 3.80. The molecule has 1 rings (SSSR count). The van der Waals surface area contributed by atoms with Crippen LogP contribution in [0.5, 0.6) is 0 Å². The van der Waals surface area contributed by atoms with Gasteiger partial charge in [-0.2, -0.15) is 0 Å². The smallest absolute Gasteiger partial charge is 0.191 e. The van der Waals surface area contributed by atoms with Crippen molar-refractivity contribution in [3.63, 3.8) is 0 Å². The van der Waals surface area contributed by atoms with Crippen LogP contribution in [0.4, 0.5) is 0 Å². The van der Waals surface area contributed by atoms with Crippen LogP contribution in [-0.2, 0) is 6.54 Å². The summed E-state index contributed by atoms with van der Waals surface area (Å²) in [6, 6.07) is 0.231. The van der Waals surface area contributed by atoms with Gasteiger partial charge >= 0.3 is 0 Å². The maximum atomic E-state index is 5.84. The van der Waals surface area contributed by atoms with E-state index in [2.05, 4.69) is 9.98 Å². The van der Waals surface area contributed by atoms with Gasteiger partial charge in [-0.05, 0) is 20.8 Å². The van der Waals surface area contributed by atoms with Crippen molar-refractivity contribution in [2.24, 2.45) is 10.7 Å². The third-order valence-electron chi connectivity index (χ3n) is 2.01. The van der Waals surface area contributed by atoms with E-state index in [0.29, 0.717) is 5.96 Å². The average Bonchev–Trinajstić information content (AvgIpc) is 2.50. The molecule has 0 fully saturated rings. The van der Waals surface area contributed by atoms with Gasteiger partial charge in [0.05, 0.1) is 17.7 Å². The first kappa shape index (κ1) is 12.0. The molecule has 0 radical (unpaired) electrons. The van der Waals surface area contributed by atoms with Gasteiger partial charge in [0.2, 0.25) is 0 Å². The lowest BCUT2D eigenvalue weighted by molar-refractivity contribution is 0.492. The average molecular weight is 226 g/mol. The van der Waals surface area contributed by atoms with E-state index < -0.39 is 0 Å². The van der Waals surface area contributed by atoms with Crippen LogP contribution in [-0.4, -0.2) is 28.9 Å². The molecule has 0 amide bonds. The summed E-state index contributed by atoms with van der Waals surface area (Å²) in [6.07, 6.45) is 0. The first-order valence-electron chi connectivity index (χ1n) is 4.94. The van der Waals surface area contributed by atoms with Crippen molar-refractivity contribution in [3.05, 3.63) is 16.1 Å². The van der Waals surface area contributed by atoms with Gasteiger partial charge < -0.3 is 10.6 Å². The molecular formula is C10H18N4S. The van der Waals surface area contributed by atoms with Crippen molar-refractivity contribution in [1.29, 1.82) is 0 Å². The maximum absolute atomic E-state index is 5.84. The maximum Gasteiger partial charge on any atom is 0.191 e. The number of hydrogen-bond acceptors (Lipinski definition) is 3. The minimum Gasteiger partial charge on any atom is -0.370 e. The molecule has 1 aromatic heterocycles. The van der Waals surface area contributed by atoms with Gasteiger partial charge in [0.25, 0.3) is 0 Å². The molecular weight excluding hydrogens is 208 g/mol. The minimum absolute atomic E-state index is 0.231. The van der Waals surface area contributed by atoms with Crippen molar-refractivity contribution in [3.8, 4) is 0 Å². The highest BCUT2D eigenvalue weighted by Crippen LogP contribution is 2.13. The highest BCUT2D eigenvalue weighted by Gasteiger charge is 2.07. The van der Waals surface area contributed by atoms with Crippen molar-refractivity contribution < 1.29 is 0 Å². The highest BCUT2D eigenvalue weighted by atomic mass is 32.1. The summed E-state index contributed by atoms with van der Waals surface area (Å²) < 4.78 is 0. The molecule has 0 aliphatic rings. The van der Waals surface area contributed by atoms with E-state index in [1.807, 2.05) is 38.2 Å². The molecule has 0 atom stereocenters. The summed E-state index contributed by atoms with van der Waals surface area (Å²) in [5.41, 5.74) is 8.77. The summed E-state index contributed by atoms with van der Waals surface area (Å²) in [6.45, 7) is 6.81. The number of thiazole rings is 1. The third-order valence-corrected chi connectivity index (χ3v) is 2.93. The Labute approximate surface area is 94.8 Å². The van der Waals surface area contributed by atoms with E-state index >= 15 is 0 Å². The van der Waals surface area contributed by atoms with E-state index in [-0.39, 0.29) is 6.04 Å². The van der Waals surface area contributed by atoms with Crippen LogP contribution >= 0.6 is 11.3 Å². The predicted molar refractivity (Wildman–Crippen MR) is 65.1 cm³/mol. The summed E-state index contributed by atoms with van der Waals surface area (Å²) in [4.78, 5) is 11.7. The first-order valence-corrected chi connectivity index (χ1v) is 5.82. The predicted octanol–water partition coefficient (Wildman–Crippen LogP) is 1.61. The summed E-state index contributed by atoms with van der Waals surface area (Å²) in [5, 5.41) is 0. The molecule has 5 heteroatoms. The van der Waals surface area contributed by atoms with Gasteiger partial charge in [-0.3, -0.25) is 4.99 Å². The molecule has 15 heavy (non-hydrogen) atoms. The lowest BCUT2D eigenvalue weighted by Crippen LogP contribution is -2.34. The van der Waals surface area contributed by atoms with Crippen LogP contribution in [0, 0.1) is 6.92 Å². The number of hydrogen-bond donors (Lipinski definition) is 1. The van der Waals surface area contributed by atoms with Crippen LogP contribution in [0.15, 0.2) is 10.5 Å². The monoisotopic (exact) mass is 226 g/mol. The largest absolute Gasteiger partial charge is 0.370 e. The van der Waals surface area contributed by atoms with Crippen LogP contribution < -0.4 is 5.73 Å². The standard InChI is InChI=1S/C10H18N4S/c1-7(2)13-10(11)14(4)5-9-8(3)12-6-15-9/h6-7H,5H2,1-4H3,(H2,11,13). The Morgan fingerprint density at radius 3 is 2.80 bits per heavy atom. The molecule has 0 aliphatic carbocycles. The zero-order chi connectivity index (χ0) is 11.4. The van der Waals surface area contributed by atoms with E-state index in [9.17, 15) is 0 Å². The second kappa shape index (κ2) is 5.11. The Kier molecular flexibility index (Phi) is 4.08. The molecule has 1 heterocycles. The van der Waals surface area contributed by atoms with Crippen LogP contribution in [0.1, 0.15) is 24.4 Å². The molecule has 0 aromatic carbocycles. The van der Waals surface area contributed by atoms with Gasteiger partial charge in [-0.15, -0.1) is 11.3 Å². The lowest BCUT2D eigenvalue weighted by atomic mass is 10.4. The van der Waals surface area contributed by atoms with E-state index in [0.717, 1.165) is 12.2 Å². The molecule has 4 nitrogen and oxygen atoms in total. The van der Waals surface area contributed by atoms with Gasteiger partial charge in [-0.1, -0.05) is 0 Å². The summed E-state index contributed by atoms with van der Waals surface area (Å²) in [5.74, 6) is 0.581. The highest BCUT2D eigenvalue weighted by molar-refractivity contribution is 7.09. The van der Waals surface area contributed by atoms with Gasteiger partial charge in [0.15, 0.2) is 5.96 Å². The van der Waals surface area contributed by atoms with Crippen molar-refractivity contribution >= 4 is 17.3 Å². The molecule has 0 saturated heterocycles. The van der Waals surface area contributed by atoms with Gasteiger partial charge in [0, 0.05) is 18.0 Å². The van der Waals surface area contributed by atoms with Gasteiger partial charge in [0.1, 0.15) is 0 Å². The molecule has 0 unspecified atom stereocenters. The van der Waals surface area contributed by atoms with Gasteiger partial charge in [-0.25, -0.2) is 4.98 Å². The number of nitrogens with zero attached hydrogens (tertiary/aromatic N) is 3. The Bertz CT molecular complexity index is 343. The number of nitrogens with two attached hydrogens (primary N) is 1. The molecule has 0 saturated carbocycles. The first-order chi connectivity index (χ1) is 7.00. The molecule has 2 N–H and O–H groups in total. The molecule has 0 aliphatic heterocycles. The minimum atomic E-state index is 0.231. The number of aryl methyl sites for hydroxylation is 1. The number of aliphatic imine (C=N–C) groups is 1. The summed E-state index contributed by atoms with van der Waals surface area (Å²) in [7, 11) is 1.94. The Morgan fingerprint density at radius 2 is 2.33 bits per heavy atom. The molecule has 1 aromatic rings. The topological polar surface area (TPSA) is 54.5 Å². The fraction of sp³-hybridized carbons (Fsp3) is 0.600. The fourth-order valence-corrected chi connectivity index (χ4v) is 1.97. The Morgan fingerprint density at radius 1 is 1.67 bits per heavy atom. The molecule has 0 spiro atoms. The quantitative estimate of drug-likeness (QED) is 0.629. The van der Waals surface area contributed by atoms with E-state index in [4.69, 9.17) is 5.73 Å². The van der Waals surface area contributed by atoms with Crippen LogP contribution in [0.2, 0.25) is 0 Å². The fourth-order valence-electron chi connectivity index (χ4n) is 1.14. The van der Waals surface area contributed by atoms with E-state index in [1.165, 1.54) is 4.88 Å².